The Morgan fingerprint density at radius 1 is 1.23 bits per heavy atom. The molecule has 7 heteroatoms. The molecule has 0 aliphatic heterocycles. The molecule has 0 bridgehead atoms. The molecule has 2 aromatic carbocycles. The number of ether oxygens (including phenoxy) is 2. The largest absolute Gasteiger partial charge is 1.00 e. The van der Waals surface area contributed by atoms with Gasteiger partial charge in [0.1, 0.15) is 6.61 Å². The maximum absolute atomic E-state index is 11.1. The van der Waals surface area contributed by atoms with Crippen molar-refractivity contribution in [2.24, 2.45) is 0 Å². The molecule has 0 saturated heterocycles. The average molecular weight is 321 g/mol. The molecule has 0 fully saturated rings. The van der Waals surface area contributed by atoms with Crippen LogP contribution < -0.4 is 21.9 Å². The van der Waals surface area contributed by atoms with Crippen molar-refractivity contribution >= 4 is 11.7 Å². The van der Waals surface area contributed by atoms with Gasteiger partial charge in [0, 0.05) is 6.07 Å². The summed E-state index contributed by atoms with van der Waals surface area (Å²) >= 11 is 0. The lowest BCUT2D eigenvalue weighted by molar-refractivity contribution is -0.0000206. The summed E-state index contributed by atoms with van der Waals surface area (Å²) in [7, 11) is 1.41. The van der Waals surface area contributed by atoms with Gasteiger partial charge in [-0.15, -0.1) is 0 Å². The molecule has 0 unspecified atom stereocenters. The van der Waals surface area contributed by atoms with Gasteiger partial charge < -0.3 is 27.0 Å². The molecule has 0 spiro atoms. The summed E-state index contributed by atoms with van der Waals surface area (Å²) in [6, 6.07) is 12.1. The molecule has 0 aromatic heterocycles. The second-order valence-electron chi connectivity index (χ2n) is 4.20. The van der Waals surface area contributed by atoms with Crippen LogP contribution in [0.4, 0.5) is 5.69 Å². The first kappa shape index (κ1) is 17.3. The summed E-state index contributed by atoms with van der Waals surface area (Å²) in [5.41, 5.74) is 0.692. The first-order valence-corrected chi connectivity index (χ1v) is 6.13. The van der Waals surface area contributed by atoms with E-state index in [1.54, 1.807) is 0 Å². The van der Waals surface area contributed by atoms with Gasteiger partial charge >= 0.3 is 11.7 Å². The van der Waals surface area contributed by atoms with E-state index in [2.05, 4.69) is 4.98 Å². The Hall–Kier alpha value is -2.78. The van der Waals surface area contributed by atoms with Crippen molar-refractivity contribution in [3.8, 4) is 11.5 Å². The molecule has 6 nitrogen and oxygen atoms in total. The summed E-state index contributed by atoms with van der Waals surface area (Å²) in [5, 5.41) is 18.0. The Bertz CT molecular complexity index is 699. The average Bonchev–Trinajstić information content (AvgIpc) is 2.52. The molecule has 114 valence electrons. The molecule has 0 heterocycles. The fourth-order valence-corrected chi connectivity index (χ4v) is 1.81. The van der Waals surface area contributed by atoms with Crippen LogP contribution in [0.2, 0.25) is 0 Å². The predicted molar refractivity (Wildman–Crippen MR) is 75.5 cm³/mol. The molecular weight excluding hydrogens is 308 g/mol. The third kappa shape index (κ3) is 3.87. The van der Waals surface area contributed by atoms with Crippen molar-refractivity contribution in [1.82, 2.24) is 0 Å². The Kier molecular flexibility index (Phi) is 6.17. The standard InChI is InChI=1S/C15H12N2O4.ClH/c1-20-13-7-11(15(18)19)12(17-16)8-14(13)21-9-10-5-3-2-4-6-10;/h2-8H,9H2,1H3;1H. The van der Waals surface area contributed by atoms with Crippen LogP contribution in [0.3, 0.4) is 0 Å². The molecule has 0 aliphatic rings. The van der Waals surface area contributed by atoms with Crippen LogP contribution in [0.25, 0.3) is 4.98 Å². The normalized spacial score (nSPS) is 9.27. The number of halogens is 1. The van der Waals surface area contributed by atoms with Crippen molar-refractivity contribution < 1.29 is 31.8 Å². The highest BCUT2D eigenvalue weighted by molar-refractivity contribution is 5.95. The second kappa shape index (κ2) is 7.86. The fraction of sp³-hybridized carbons (Fsp3) is 0.133. The number of nitrogens with zero attached hydrogens (tertiary/aromatic N) is 2. The van der Waals surface area contributed by atoms with Gasteiger partial charge in [-0.1, -0.05) is 30.3 Å². The quantitative estimate of drug-likeness (QED) is 0.809. The molecule has 22 heavy (non-hydrogen) atoms. The lowest BCUT2D eigenvalue weighted by Crippen LogP contribution is -3.00. The van der Waals surface area contributed by atoms with E-state index in [1.807, 2.05) is 30.3 Å². The van der Waals surface area contributed by atoms with Crippen LogP contribution in [-0.2, 0) is 6.61 Å². The zero-order valence-corrected chi connectivity index (χ0v) is 12.4. The van der Waals surface area contributed by atoms with Crippen molar-refractivity contribution in [2.75, 3.05) is 7.11 Å². The summed E-state index contributed by atoms with van der Waals surface area (Å²) in [6.45, 7) is 0.286. The minimum Gasteiger partial charge on any atom is -1.00 e. The molecule has 0 atom stereocenters. The Balaban J connectivity index is 0.00000242. The second-order valence-corrected chi connectivity index (χ2v) is 4.20. The number of aromatic carboxylic acids is 1. The van der Waals surface area contributed by atoms with Gasteiger partial charge in [0.2, 0.25) is 5.39 Å². The van der Waals surface area contributed by atoms with Crippen molar-refractivity contribution in [2.45, 2.75) is 6.61 Å². The molecule has 0 radical (unpaired) electrons. The lowest BCUT2D eigenvalue weighted by atomic mass is 10.1. The van der Waals surface area contributed by atoms with E-state index in [1.165, 1.54) is 19.2 Å². The topological polar surface area (TPSA) is 83.9 Å². The SMILES string of the molecule is COc1cc(C(=O)O)c([N+]#N)cc1OCc1ccccc1.[Cl-]. The van der Waals surface area contributed by atoms with Gasteiger partial charge in [0.05, 0.1) is 13.2 Å². The van der Waals surface area contributed by atoms with E-state index in [4.69, 9.17) is 20.0 Å². The van der Waals surface area contributed by atoms with Crippen molar-refractivity contribution in [3.05, 3.63) is 58.6 Å². The number of methoxy groups -OCH3 is 1. The zero-order valence-electron chi connectivity index (χ0n) is 11.7. The number of rotatable bonds is 5. The first-order valence-electron chi connectivity index (χ1n) is 6.13. The minimum atomic E-state index is -1.21. The first-order chi connectivity index (χ1) is 10.2. The van der Waals surface area contributed by atoms with Crippen LogP contribution in [0.15, 0.2) is 42.5 Å². The minimum absolute atomic E-state index is 0. The molecule has 0 saturated carbocycles. The molecule has 2 aromatic rings. The van der Waals surface area contributed by atoms with Crippen LogP contribution in [-0.4, -0.2) is 18.2 Å². The molecule has 2 rings (SSSR count). The van der Waals surface area contributed by atoms with Crippen molar-refractivity contribution in [3.63, 3.8) is 0 Å². The molecular formula is C15H13ClN2O4. The number of carbonyl (C=O) groups is 1. The fourth-order valence-electron chi connectivity index (χ4n) is 1.81. The van der Waals surface area contributed by atoms with E-state index in [0.717, 1.165) is 5.56 Å². The predicted octanol–water partition coefficient (Wildman–Crippen LogP) is 0.461. The van der Waals surface area contributed by atoms with Gasteiger partial charge in [0.15, 0.2) is 22.0 Å². The van der Waals surface area contributed by atoms with Crippen LogP contribution in [0.5, 0.6) is 11.5 Å². The van der Waals surface area contributed by atoms with Gasteiger partial charge in [-0.3, -0.25) is 0 Å². The van der Waals surface area contributed by atoms with Crippen molar-refractivity contribution in [1.29, 1.82) is 5.39 Å². The lowest BCUT2D eigenvalue weighted by Gasteiger charge is -2.10. The number of hydrogen-bond donors (Lipinski definition) is 1. The number of carboxylic acid groups (broad SMARTS) is 1. The van der Waals surface area contributed by atoms with Crippen LogP contribution in [0, 0.1) is 5.39 Å². The molecule has 0 amide bonds. The highest BCUT2D eigenvalue weighted by Crippen LogP contribution is 2.35. The van der Waals surface area contributed by atoms with E-state index in [-0.39, 0.29) is 36.0 Å². The Morgan fingerprint density at radius 3 is 2.45 bits per heavy atom. The van der Waals surface area contributed by atoms with Crippen LogP contribution >= 0.6 is 0 Å². The third-order valence-electron chi connectivity index (χ3n) is 2.86. The molecule has 1 N–H and O–H groups in total. The number of carboxylic acids is 1. The smallest absolute Gasteiger partial charge is 0.403 e. The summed E-state index contributed by atoms with van der Waals surface area (Å²) in [6.07, 6.45) is 0. The molecule has 0 aliphatic carbocycles. The third-order valence-corrected chi connectivity index (χ3v) is 2.86. The van der Waals surface area contributed by atoms with Gasteiger partial charge in [-0.25, -0.2) is 4.79 Å². The highest BCUT2D eigenvalue weighted by Gasteiger charge is 2.24. The van der Waals surface area contributed by atoms with Gasteiger partial charge in [-0.05, 0) is 5.56 Å². The Morgan fingerprint density at radius 2 is 1.91 bits per heavy atom. The number of hydrogen-bond acceptors (Lipinski definition) is 4. The maximum atomic E-state index is 11.1. The highest BCUT2D eigenvalue weighted by atomic mass is 35.5. The van der Waals surface area contributed by atoms with Crippen LogP contribution in [0.1, 0.15) is 15.9 Å². The number of benzene rings is 2. The zero-order chi connectivity index (χ0) is 15.2. The van der Waals surface area contributed by atoms with E-state index in [0.29, 0.717) is 5.75 Å². The van der Waals surface area contributed by atoms with E-state index >= 15 is 0 Å². The van der Waals surface area contributed by atoms with Gasteiger partial charge in [0.25, 0.3) is 0 Å². The number of diazo groups is 1. The summed E-state index contributed by atoms with van der Waals surface area (Å²) in [5.74, 6) is -0.648. The van der Waals surface area contributed by atoms with E-state index in [9.17, 15) is 4.79 Å². The summed E-state index contributed by atoms with van der Waals surface area (Å²) in [4.78, 5) is 14.0. The maximum Gasteiger partial charge on any atom is 0.403 e. The Labute approximate surface area is 133 Å². The van der Waals surface area contributed by atoms with Gasteiger partial charge in [-0.2, -0.15) is 0 Å². The monoisotopic (exact) mass is 320 g/mol. The summed E-state index contributed by atoms with van der Waals surface area (Å²) < 4.78 is 10.7. The van der Waals surface area contributed by atoms with E-state index < -0.39 is 5.97 Å².